The Labute approximate surface area is 326 Å². The molecule has 6 rings (SSSR count). The van der Waals surface area contributed by atoms with E-state index in [2.05, 4.69) is 14.5 Å². The number of nitrogens with zero attached hydrogens (tertiary/aromatic N) is 4. The molecule has 2 amide bonds. The summed E-state index contributed by atoms with van der Waals surface area (Å²) in [6.45, 7) is 13.4. The smallest absolute Gasteiger partial charge is 0.361 e. The number of carbonyl (C=O) groups excluding carboxylic acids is 2. The average Bonchev–Trinajstić information content (AvgIpc) is 3.65. The molecule has 56 heavy (non-hydrogen) atoms. The molecule has 0 atom stereocenters. The third-order valence-electron chi connectivity index (χ3n) is 8.83. The topological polar surface area (TPSA) is 193 Å². The first-order valence-electron chi connectivity index (χ1n) is 18.3. The summed E-state index contributed by atoms with van der Waals surface area (Å²) in [7, 11) is -6.59. The molecule has 0 saturated heterocycles. The van der Waals surface area contributed by atoms with E-state index in [-0.39, 0.29) is 0 Å². The standard InChI is InChI=1S/2C20H24N3O4P/c1-4-26-28(25,27-5-2)17-9-6-15(7-10-17)13-23-14(3)22-18-12-16(20(21)24)8-11-19(18)23;1-4-26-28(25,27-5-2)17-9-6-15(7-10-17)13-23-14(3)22-18-11-8-16(20(21)24)12-19(18)23/h2*6-12H,4-5,13H2,1-3H3,(H2,21,24). The van der Waals surface area contributed by atoms with E-state index in [1.807, 2.05) is 48.7 Å². The van der Waals surface area contributed by atoms with E-state index in [1.54, 1.807) is 82.3 Å². The van der Waals surface area contributed by atoms with Crippen molar-refractivity contribution < 1.29 is 36.8 Å². The van der Waals surface area contributed by atoms with E-state index in [4.69, 9.17) is 29.6 Å². The quantitative estimate of drug-likeness (QED) is 0.0988. The average molecular weight is 803 g/mol. The molecule has 0 bridgehead atoms. The fourth-order valence-corrected chi connectivity index (χ4v) is 9.32. The monoisotopic (exact) mass is 802 g/mol. The highest BCUT2D eigenvalue weighted by Gasteiger charge is 2.27. The molecule has 2 heterocycles. The van der Waals surface area contributed by atoms with Crippen LogP contribution in [0.15, 0.2) is 84.9 Å². The molecule has 0 aliphatic carbocycles. The van der Waals surface area contributed by atoms with Crippen molar-refractivity contribution in [3.63, 3.8) is 0 Å². The Bertz CT molecular complexity index is 2410. The molecule has 0 aliphatic rings. The van der Waals surface area contributed by atoms with Crippen molar-refractivity contribution in [1.29, 1.82) is 0 Å². The molecule has 0 saturated carbocycles. The predicted octanol–water partition coefficient (Wildman–Crippen LogP) is 6.77. The second-order valence-electron chi connectivity index (χ2n) is 12.6. The Morgan fingerprint density at radius 2 is 0.946 bits per heavy atom. The number of benzene rings is 4. The van der Waals surface area contributed by atoms with Gasteiger partial charge in [-0.3, -0.25) is 18.7 Å². The largest absolute Gasteiger partial charge is 0.366 e. The molecule has 6 aromatic rings. The molecule has 0 spiro atoms. The molecule has 296 valence electrons. The number of hydrogen-bond donors (Lipinski definition) is 2. The summed E-state index contributed by atoms with van der Waals surface area (Å²) in [6.07, 6.45) is 0. The highest BCUT2D eigenvalue weighted by atomic mass is 31.2. The van der Waals surface area contributed by atoms with Crippen LogP contribution in [0.2, 0.25) is 0 Å². The summed E-state index contributed by atoms with van der Waals surface area (Å²) in [6, 6.07) is 25.2. The Hall–Kier alpha value is -4.94. The number of carbonyl (C=O) groups is 2. The van der Waals surface area contributed by atoms with Crippen molar-refractivity contribution in [2.45, 2.75) is 54.6 Å². The molecule has 0 aliphatic heterocycles. The van der Waals surface area contributed by atoms with E-state index in [9.17, 15) is 18.7 Å². The van der Waals surface area contributed by atoms with Crippen molar-refractivity contribution in [2.75, 3.05) is 26.4 Å². The highest BCUT2D eigenvalue weighted by Crippen LogP contribution is 2.47. The number of amides is 2. The van der Waals surface area contributed by atoms with Gasteiger partial charge >= 0.3 is 15.2 Å². The zero-order valence-electron chi connectivity index (χ0n) is 32.4. The van der Waals surface area contributed by atoms with Gasteiger partial charge in [0.15, 0.2) is 0 Å². The number of aromatic nitrogens is 4. The van der Waals surface area contributed by atoms with Gasteiger partial charge in [0.05, 0.1) is 59.1 Å². The van der Waals surface area contributed by atoms with Crippen molar-refractivity contribution in [3.8, 4) is 0 Å². The van der Waals surface area contributed by atoms with E-state index in [0.29, 0.717) is 61.3 Å². The summed E-state index contributed by atoms with van der Waals surface area (Å²) in [5.74, 6) is 0.710. The Kier molecular flexibility index (Phi) is 13.8. The lowest BCUT2D eigenvalue weighted by atomic mass is 10.2. The number of imidazole rings is 2. The zero-order chi connectivity index (χ0) is 40.6. The Morgan fingerprint density at radius 3 is 1.38 bits per heavy atom. The summed E-state index contributed by atoms with van der Waals surface area (Å²) in [5, 5.41) is 1.07. The lowest BCUT2D eigenvalue weighted by molar-refractivity contribution is 0.0992. The van der Waals surface area contributed by atoms with Crippen LogP contribution in [-0.4, -0.2) is 57.3 Å². The van der Waals surface area contributed by atoms with Crippen LogP contribution in [0.5, 0.6) is 0 Å². The molecule has 14 nitrogen and oxygen atoms in total. The van der Waals surface area contributed by atoms with Crippen LogP contribution in [0, 0.1) is 13.8 Å². The van der Waals surface area contributed by atoms with Gasteiger partial charge in [-0.05, 0) is 113 Å². The number of hydrogen-bond acceptors (Lipinski definition) is 10. The van der Waals surface area contributed by atoms with Gasteiger partial charge in [0.1, 0.15) is 11.6 Å². The van der Waals surface area contributed by atoms with Gasteiger partial charge in [0.2, 0.25) is 11.8 Å². The Morgan fingerprint density at radius 1 is 0.554 bits per heavy atom. The van der Waals surface area contributed by atoms with Crippen molar-refractivity contribution in [1.82, 2.24) is 19.1 Å². The Balaban J connectivity index is 0.000000214. The van der Waals surface area contributed by atoms with Crippen LogP contribution in [-0.2, 0) is 40.3 Å². The highest BCUT2D eigenvalue weighted by molar-refractivity contribution is 7.62. The van der Waals surface area contributed by atoms with Crippen LogP contribution >= 0.6 is 15.2 Å². The van der Waals surface area contributed by atoms with Crippen LogP contribution in [0.3, 0.4) is 0 Å². The van der Waals surface area contributed by atoms with Crippen LogP contribution < -0.4 is 22.1 Å². The van der Waals surface area contributed by atoms with Crippen LogP contribution in [0.1, 0.15) is 71.2 Å². The van der Waals surface area contributed by atoms with Gasteiger partial charge < -0.3 is 38.7 Å². The molecule has 4 aromatic carbocycles. The van der Waals surface area contributed by atoms with Crippen molar-refractivity contribution >= 4 is 59.7 Å². The van der Waals surface area contributed by atoms with Crippen molar-refractivity contribution in [3.05, 3.63) is 119 Å². The lowest BCUT2D eigenvalue weighted by Gasteiger charge is -2.17. The van der Waals surface area contributed by atoms with Gasteiger partial charge in [0, 0.05) is 24.2 Å². The van der Waals surface area contributed by atoms with E-state index >= 15 is 0 Å². The molecular formula is C40H48N6O8P2. The predicted molar refractivity (Wildman–Crippen MR) is 218 cm³/mol. The van der Waals surface area contributed by atoms with Gasteiger partial charge in [-0.1, -0.05) is 24.3 Å². The van der Waals surface area contributed by atoms with Gasteiger partial charge in [0.25, 0.3) is 0 Å². The minimum atomic E-state index is -3.30. The van der Waals surface area contributed by atoms with Crippen molar-refractivity contribution in [2.24, 2.45) is 11.5 Å². The van der Waals surface area contributed by atoms with Gasteiger partial charge in [-0.15, -0.1) is 0 Å². The maximum absolute atomic E-state index is 12.9. The third-order valence-corrected chi connectivity index (χ3v) is 13.1. The summed E-state index contributed by atoms with van der Waals surface area (Å²) >= 11 is 0. The normalized spacial score (nSPS) is 11.8. The summed E-state index contributed by atoms with van der Waals surface area (Å²) < 4.78 is 51.4. The van der Waals surface area contributed by atoms with E-state index in [0.717, 1.165) is 44.8 Å². The van der Waals surface area contributed by atoms with Crippen LogP contribution in [0.25, 0.3) is 22.1 Å². The van der Waals surface area contributed by atoms with Gasteiger partial charge in [-0.25, -0.2) is 9.97 Å². The number of primary amides is 2. The molecule has 0 unspecified atom stereocenters. The van der Waals surface area contributed by atoms with Gasteiger partial charge in [-0.2, -0.15) is 0 Å². The maximum atomic E-state index is 12.9. The fraction of sp³-hybridized carbons (Fsp3) is 0.300. The molecule has 2 aromatic heterocycles. The maximum Gasteiger partial charge on any atom is 0.361 e. The SMILES string of the molecule is CCOP(=O)(OCC)c1ccc(Cn2c(C)nc3cc(C(N)=O)ccc32)cc1.CCOP(=O)(OCC)c1ccc(Cn2c(C)nc3ccc(C(N)=O)cc32)cc1. The molecule has 16 heteroatoms. The number of rotatable bonds is 16. The third kappa shape index (κ3) is 9.53. The molecular weight excluding hydrogens is 754 g/mol. The number of aryl methyl sites for hydroxylation is 2. The summed E-state index contributed by atoms with van der Waals surface area (Å²) in [5.41, 5.74) is 16.9. The number of fused-ring (bicyclic) bond motifs is 2. The second-order valence-corrected chi connectivity index (χ2v) is 16.7. The zero-order valence-corrected chi connectivity index (χ0v) is 34.2. The van der Waals surface area contributed by atoms with E-state index < -0.39 is 27.0 Å². The minimum absolute atomic E-state index is 0.307. The van der Waals surface area contributed by atoms with Crippen LogP contribution in [0.4, 0.5) is 0 Å². The summed E-state index contributed by atoms with van der Waals surface area (Å²) in [4.78, 5) is 31.9. The first-order valence-corrected chi connectivity index (χ1v) is 21.3. The fourth-order valence-electron chi connectivity index (χ4n) is 6.18. The molecule has 4 N–H and O–H groups in total. The second kappa shape index (κ2) is 18.3. The first kappa shape index (κ1) is 42.2. The number of nitrogens with two attached hydrogens (primary N) is 2. The van der Waals surface area contributed by atoms with E-state index in [1.165, 1.54) is 0 Å². The molecule has 0 radical (unpaired) electrons. The first-order chi connectivity index (χ1) is 26.7. The minimum Gasteiger partial charge on any atom is -0.366 e. The lowest BCUT2D eigenvalue weighted by Crippen LogP contribution is -2.12. The molecule has 0 fully saturated rings.